The van der Waals surface area contributed by atoms with E-state index in [9.17, 15) is 9.59 Å². The van der Waals surface area contributed by atoms with E-state index in [2.05, 4.69) is 17.2 Å². The number of nitrogens with one attached hydrogen (secondary N) is 1. The number of rotatable bonds is 3. The highest BCUT2D eigenvalue weighted by Crippen LogP contribution is 2.08. The van der Waals surface area contributed by atoms with Gasteiger partial charge >= 0.3 is 6.09 Å². The predicted octanol–water partition coefficient (Wildman–Crippen LogP) is 3.07. The Morgan fingerprint density at radius 3 is 2.71 bits per heavy atom. The Kier molecular flexibility index (Phi) is 5.98. The minimum atomic E-state index is -0.498. The van der Waals surface area contributed by atoms with Gasteiger partial charge in [-0.05, 0) is 39.3 Å². The minimum absolute atomic E-state index is 0.425. The van der Waals surface area contributed by atoms with Crippen LogP contribution in [0.5, 0.6) is 0 Å². The van der Waals surface area contributed by atoms with E-state index >= 15 is 0 Å². The molecule has 0 saturated heterocycles. The van der Waals surface area contributed by atoms with Gasteiger partial charge in [0.25, 0.3) is 0 Å². The maximum Gasteiger partial charge on any atom is 0.407 e. The van der Waals surface area contributed by atoms with Crippen molar-refractivity contribution in [3.05, 3.63) is 34.9 Å². The van der Waals surface area contributed by atoms with Gasteiger partial charge in [0.2, 0.25) is 0 Å². The number of benzene rings is 1. The normalized spacial score (nSPS) is 10.3. The summed E-state index contributed by atoms with van der Waals surface area (Å²) in [7, 11) is 0. The van der Waals surface area contributed by atoms with Crippen LogP contribution in [-0.4, -0.2) is 24.5 Å². The zero-order valence-electron chi connectivity index (χ0n) is 12.9. The summed E-state index contributed by atoms with van der Waals surface area (Å²) in [5, 5.41) is 2.64. The fourth-order valence-electron chi connectivity index (χ4n) is 1.55. The third-order valence-corrected chi connectivity index (χ3v) is 2.54. The summed E-state index contributed by atoms with van der Waals surface area (Å²) in [6.45, 7) is 7.81. The highest BCUT2D eigenvalue weighted by molar-refractivity contribution is 5.76. The van der Waals surface area contributed by atoms with Crippen molar-refractivity contribution in [3.63, 3.8) is 0 Å². The molecular formula is C17H21NO3. The van der Waals surface area contributed by atoms with Crippen LogP contribution in [0.25, 0.3) is 0 Å². The van der Waals surface area contributed by atoms with Crippen molar-refractivity contribution < 1.29 is 14.3 Å². The monoisotopic (exact) mass is 287 g/mol. The van der Waals surface area contributed by atoms with Gasteiger partial charge in [-0.3, -0.25) is 4.79 Å². The van der Waals surface area contributed by atoms with E-state index in [1.54, 1.807) is 12.1 Å². The lowest BCUT2D eigenvalue weighted by Gasteiger charge is -2.19. The third kappa shape index (κ3) is 6.62. The van der Waals surface area contributed by atoms with Crippen molar-refractivity contribution >= 4 is 12.4 Å². The molecule has 1 rings (SSSR count). The topological polar surface area (TPSA) is 55.4 Å². The molecule has 0 atom stereocenters. The molecule has 0 unspecified atom stereocenters. The van der Waals surface area contributed by atoms with E-state index in [0.717, 1.165) is 17.4 Å². The Hall–Kier alpha value is -2.28. The Morgan fingerprint density at radius 2 is 2.10 bits per heavy atom. The van der Waals surface area contributed by atoms with Gasteiger partial charge in [-0.15, -0.1) is 0 Å². The molecule has 0 aliphatic rings. The number of carbonyl (C=O) groups excluding carboxylic acids is 2. The molecule has 0 spiro atoms. The summed E-state index contributed by atoms with van der Waals surface area (Å²) >= 11 is 0. The lowest BCUT2D eigenvalue weighted by molar-refractivity contribution is 0.0529. The standard InChI is InChI=1S/C17H21NO3/c1-13-8-9-14(12-19)11-15(13)7-5-6-10-18-16(20)21-17(2,3)4/h8-9,11-12H,6,10H2,1-4H3,(H,18,20). The number of amides is 1. The summed E-state index contributed by atoms with van der Waals surface area (Å²) in [6.07, 6.45) is 0.877. The molecule has 0 heterocycles. The first kappa shape index (κ1) is 16.8. The van der Waals surface area contributed by atoms with Gasteiger partial charge in [0.05, 0.1) is 0 Å². The molecule has 0 aromatic heterocycles. The van der Waals surface area contributed by atoms with E-state index in [-0.39, 0.29) is 0 Å². The summed E-state index contributed by atoms with van der Waals surface area (Å²) in [5.41, 5.74) is 1.96. The Morgan fingerprint density at radius 1 is 1.38 bits per heavy atom. The van der Waals surface area contributed by atoms with Gasteiger partial charge in [-0.2, -0.15) is 0 Å². The molecule has 112 valence electrons. The highest BCUT2D eigenvalue weighted by Gasteiger charge is 2.15. The summed E-state index contributed by atoms with van der Waals surface area (Å²) in [5.74, 6) is 5.98. The molecule has 4 nitrogen and oxygen atoms in total. The maximum atomic E-state index is 11.4. The van der Waals surface area contributed by atoms with Crippen LogP contribution in [0.3, 0.4) is 0 Å². The Labute approximate surface area is 125 Å². The molecule has 1 aromatic carbocycles. The van der Waals surface area contributed by atoms with E-state index in [1.807, 2.05) is 33.8 Å². The van der Waals surface area contributed by atoms with E-state index in [1.165, 1.54) is 0 Å². The van der Waals surface area contributed by atoms with Crippen LogP contribution in [0.2, 0.25) is 0 Å². The second-order valence-corrected chi connectivity index (χ2v) is 5.67. The summed E-state index contributed by atoms with van der Waals surface area (Å²) < 4.78 is 5.11. The Balaban J connectivity index is 2.47. The first-order chi connectivity index (χ1) is 9.81. The average Bonchev–Trinajstić information content (AvgIpc) is 2.38. The highest BCUT2D eigenvalue weighted by atomic mass is 16.6. The number of alkyl carbamates (subject to hydrolysis) is 1. The molecule has 4 heteroatoms. The fraction of sp³-hybridized carbons (Fsp3) is 0.412. The first-order valence-corrected chi connectivity index (χ1v) is 6.83. The van der Waals surface area contributed by atoms with Crippen LogP contribution in [-0.2, 0) is 4.74 Å². The number of ether oxygens (including phenoxy) is 1. The number of aldehydes is 1. The van der Waals surface area contributed by atoms with E-state index in [0.29, 0.717) is 18.5 Å². The largest absolute Gasteiger partial charge is 0.444 e. The van der Waals surface area contributed by atoms with Crippen LogP contribution in [0.1, 0.15) is 48.7 Å². The smallest absolute Gasteiger partial charge is 0.407 e. The van der Waals surface area contributed by atoms with Crippen LogP contribution >= 0.6 is 0 Å². The molecule has 1 N–H and O–H groups in total. The molecule has 0 bridgehead atoms. The van der Waals surface area contributed by atoms with Gasteiger partial charge in [0.15, 0.2) is 0 Å². The van der Waals surface area contributed by atoms with Crippen LogP contribution in [0.15, 0.2) is 18.2 Å². The van der Waals surface area contributed by atoms with E-state index in [4.69, 9.17) is 4.74 Å². The lowest BCUT2D eigenvalue weighted by atomic mass is 10.1. The molecule has 0 saturated carbocycles. The average molecular weight is 287 g/mol. The number of aryl methyl sites for hydroxylation is 1. The molecule has 0 fully saturated rings. The zero-order valence-corrected chi connectivity index (χ0v) is 12.9. The lowest BCUT2D eigenvalue weighted by Crippen LogP contribution is -2.32. The fourth-order valence-corrected chi connectivity index (χ4v) is 1.55. The predicted molar refractivity (Wildman–Crippen MR) is 82.3 cm³/mol. The summed E-state index contributed by atoms with van der Waals surface area (Å²) in [6, 6.07) is 5.39. The van der Waals surface area contributed by atoms with Crippen molar-refractivity contribution in [2.75, 3.05) is 6.54 Å². The zero-order chi connectivity index (χ0) is 15.9. The minimum Gasteiger partial charge on any atom is -0.444 e. The van der Waals surface area contributed by atoms with Crippen molar-refractivity contribution in [2.45, 2.75) is 39.7 Å². The van der Waals surface area contributed by atoms with Crippen molar-refractivity contribution in [3.8, 4) is 11.8 Å². The molecule has 0 aliphatic carbocycles. The van der Waals surface area contributed by atoms with Gasteiger partial charge < -0.3 is 10.1 Å². The second kappa shape index (κ2) is 7.49. The van der Waals surface area contributed by atoms with Crippen molar-refractivity contribution in [1.29, 1.82) is 0 Å². The second-order valence-electron chi connectivity index (χ2n) is 5.67. The maximum absolute atomic E-state index is 11.4. The van der Waals surface area contributed by atoms with Crippen LogP contribution in [0.4, 0.5) is 4.79 Å². The van der Waals surface area contributed by atoms with Gasteiger partial charge in [-0.1, -0.05) is 24.0 Å². The quantitative estimate of drug-likeness (QED) is 0.528. The van der Waals surface area contributed by atoms with Gasteiger partial charge in [0, 0.05) is 24.1 Å². The number of carbonyl (C=O) groups is 2. The molecule has 21 heavy (non-hydrogen) atoms. The number of hydrogen-bond donors (Lipinski definition) is 1. The third-order valence-electron chi connectivity index (χ3n) is 2.54. The van der Waals surface area contributed by atoms with Gasteiger partial charge in [-0.25, -0.2) is 4.79 Å². The number of hydrogen-bond acceptors (Lipinski definition) is 3. The Bertz CT molecular complexity index is 574. The van der Waals surface area contributed by atoms with E-state index < -0.39 is 11.7 Å². The molecule has 1 amide bonds. The van der Waals surface area contributed by atoms with Crippen LogP contribution in [0, 0.1) is 18.8 Å². The molecule has 0 aliphatic heterocycles. The molecule has 1 aromatic rings. The van der Waals surface area contributed by atoms with Crippen molar-refractivity contribution in [1.82, 2.24) is 5.32 Å². The first-order valence-electron chi connectivity index (χ1n) is 6.83. The van der Waals surface area contributed by atoms with Gasteiger partial charge in [0.1, 0.15) is 11.9 Å². The van der Waals surface area contributed by atoms with Crippen LogP contribution < -0.4 is 5.32 Å². The summed E-state index contributed by atoms with van der Waals surface area (Å²) in [4.78, 5) is 22.1. The molecule has 0 radical (unpaired) electrons. The molecular weight excluding hydrogens is 266 g/mol. The van der Waals surface area contributed by atoms with Crippen molar-refractivity contribution in [2.24, 2.45) is 0 Å². The SMILES string of the molecule is Cc1ccc(C=O)cc1C#CCCNC(=O)OC(C)(C)C.